The second-order valence-electron chi connectivity index (χ2n) is 3.87. The zero-order chi connectivity index (χ0) is 16.8. The van der Waals surface area contributed by atoms with Crippen LogP contribution in [-0.2, 0) is 29.2 Å². The molecule has 0 fully saturated rings. The van der Waals surface area contributed by atoms with E-state index in [1.165, 1.54) is 6.92 Å². The summed E-state index contributed by atoms with van der Waals surface area (Å²) in [5.74, 6) is -2.03. The summed E-state index contributed by atoms with van der Waals surface area (Å²) in [4.78, 5) is 21.9. The molecule has 0 aliphatic heterocycles. The van der Waals surface area contributed by atoms with Gasteiger partial charge in [-0.15, -0.1) is 0 Å². The molecular formula is C10H13F3O7S. The minimum absolute atomic E-state index is 0.0133. The van der Waals surface area contributed by atoms with Gasteiger partial charge in [0.1, 0.15) is 0 Å². The van der Waals surface area contributed by atoms with Crippen LogP contribution < -0.4 is 0 Å². The van der Waals surface area contributed by atoms with Crippen molar-refractivity contribution in [1.82, 2.24) is 0 Å². The first-order chi connectivity index (χ1) is 9.39. The average Bonchev–Trinajstić information content (AvgIpc) is 2.33. The molecule has 1 N–H and O–H groups in total. The molecule has 1 unspecified atom stereocenters. The van der Waals surface area contributed by atoms with E-state index in [1.807, 2.05) is 0 Å². The highest BCUT2D eigenvalue weighted by Gasteiger charge is 2.52. The van der Waals surface area contributed by atoms with Gasteiger partial charge >= 0.3 is 27.3 Å². The molecule has 0 aromatic heterocycles. The highest BCUT2D eigenvalue weighted by Crippen LogP contribution is 2.29. The summed E-state index contributed by atoms with van der Waals surface area (Å²) < 4.78 is 75.7. The zero-order valence-corrected chi connectivity index (χ0v) is 11.7. The summed E-state index contributed by atoms with van der Waals surface area (Å²) in [6.45, 7) is 2.82. The molecule has 0 heterocycles. The summed E-state index contributed by atoms with van der Waals surface area (Å²) in [6.07, 6.45) is -4.44. The lowest BCUT2D eigenvalue weighted by Crippen LogP contribution is -2.39. The predicted octanol–water partition coefficient (Wildman–Crippen LogP) is 0.858. The van der Waals surface area contributed by atoms with Crippen LogP contribution in [0.4, 0.5) is 13.2 Å². The van der Waals surface area contributed by atoms with Crippen LogP contribution in [0.25, 0.3) is 0 Å². The van der Waals surface area contributed by atoms with Gasteiger partial charge < -0.3 is 9.47 Å². The number of esters is 2. The Hall–Kier alpha value is -1.62. The minimum atomic E-state index is -5.91. The van der Waals surface area contributed by atoms with Crippen molar-refractivity contribution >= 4 is 22.1 Å². The van der Waals surface area contributed by atoms with E-state index in [2.05, 4.69) is 16.1 Å². The number of carbonyl (C=O) groups is 2. The molecular weight excluding hydrogens is 321 g/mol. The summed E-state index contributed by atoms with van der Waals surface area (Å²) in [6, 6.07) is 0. The summed E-state index contributed by atoms with van der Waals surface area (Å²) >= 11 is 0. The standard InChI is InChI=1S/C10H13F3O7S/c1-6(2)9(15)20-5-8(14)19-4-3-7(11)10(12,13)21(16,17)18/h7H,1,3-5H2,2H3,(H,16,17,18). The lowest BCUT2D eigenvalue weighted by molar-refractivity contribution is -0.157. The predicted molar refractivity (Wildman–Crippen MR) is 62.7 cm³/mol. The second-order valence-corrected chi connectivity index (χ2v) is 5.36. The molecule has 0 rings (SSSR count). The first-order valence-electron chi connectivity index (χ1n) is 5.36. The molecule has 0 saturated carbocycles. The molecule has 0 saturated heterocycles. The monoisotopic (exact) mass is 334 g/mol. The fourth-order valence-electron chi connectivity index (χ4n) is 0.895. The number of hydrogen-bond acceptors (Lipinski definition) is 6. The van der Waals surface area contributed by atoms with E-state index in [4.69, 9.17) is 4.55 Å². The van der Waals surface area contributed by atoms with Crippen LogP contribution >= 0.6 is 0 Å². The molecule has 21 heavy (non-hydrogen) atoms. The smallest absolute Gasteiger partial charge is 0.400 e. The van der Waals surface area contributed by atoms with Gasteiger partial charge in [-0.3, -0.25) is 4.55 Å². The Morgan fingerprint density at radius 3 is 2.29 bits per heavy atom. The Morgan fingerprint density at radius 1 is 1.33 bits per heavy atom. The van der Waals surface area contributed by atoms with Gasteiger partial charge in [0.15, 0.2) is 12.8 Å². The SMILES string of the molecule is C=C(C)C(=O)OCC(=O)OCCC(F)C(F)(F)S(=O)(=O)O. The minimum Gasteiger partial charge on any atom is -0.463 e. The van der Waals surface area contributed by atoms with E-state index in [-0.39, 0.29) is 5.57 Å². The third-order valence-corrected chi connectivity index (χ3v) is 2.96. The first-order valence-corrected chi connectivity index (χ1v) is 6.80. The van der Waals surface area contributed by atoms with Crippen LogP contribution in [0.1, 0.15) is 13.3 Å². The topological polar surface area (TPSA) is 107 Å². The summed E-state index contributed by atoms with van der Waals surface area (Å²) in [5, 5.41) is -5.01. The zero-order valence-electron chi connectivity index (χ0n) is 10.8. The molecule has 7 nitrogen and oxygen atoms in total. The molecule has 0 aromatic carbocycles. The van der Waals surface area contributed by atoms with Gasteiger partial charge in [0, 0.05) is 12.0 Å². The number of halogens is 3. The first kappa shape index (κ1) is 19.4. The molecule has 0 spiro atoms. The average molecular weight is 334 g/mol. The van der Waals surface area contributed by atoms with Gasteiger partial charge in [-0.1, -0.05) is 6.58 Å². The Morgan fingerprint density at radius 2 is 1.86 bits per heavy atom. The third kappa shape index (κ3) is 6.12. The molecule has 0 aliphatic carbocycles. The number of carbonyl (C=O) groups excluding carboxylic acids is 2. The molecule has 0 aromatic rings. The van der Waals surface area contributed by atoms with Gasteiger partial charge in [0.2, 0.25) is 0 Å². The number of hydrogen-bond donors (Lipinski definition) is 1. The Balaban J connectivity index is 4.18. The summed E-state index contributed by atoms with van der Waals surface area (Å²) in [7, 11) is -5.91. The van der Waals surface area contributed by atoms with E-state index >= 15 is 0 Å². The van der Waals surface area contributed by atoms with E-state index in [1.54, 1.807) is 0 Å². The maximum absolute atomic E-state index is 13.0. The van der Waals surface area contributed by atoms with Gasteiger partial charge in [-0.05, 0) is 6.92 Å². The van der Waals surface area contributed by atoms with Crippen LogP contribution in [0.3, 0.4) is 0 Å². The van der Waals surface area contributed by atoms with E-state index in [0.717, 1.165) is 0 Å². The largest absolute Gasteiger partial charge is 0.463 e. The maximum atomic E-state index is 13.0. The second kappa shape index (κ2) is 7.41. The number of rotatable bonds is 8. The van der Waals surface area contributed by atoms with Crippen molar-refractivity contribution in [2.45, 2.75) is 24.8 Å². The van der Waals surface area contributed by atoms with Crippen molar-refractivity contribution in [3.63, 3.8) is 0 Å². The Bertz CT molecular complexity index is 515. The molecule has 0 radical (unpaired) electrons. The van der Waals surface area contributed by atoms with Crippen molar-refractivity contribution in [1.29, 1.82) is 0 Å². The van der Waals surface area contributed by atoms with Gasteiger partial charge in [0.25, 0.3) is 0 Å². The Labute approximate surface area is 118 Å². The molecule has 0 bridgehead atoms. The number of ether oxygens (including phenoxy) is 2. The Kier molecular flexibility index (Phi) is 6.83. The summed E-state index contributed by atoms with van der Waals surface area (Å²) in [5.41, 5.74) is 0.0133. The van der Waals surface area contributed by atoms with Crippen LogP contribution in [-0.4, -0.2) is 49.5 Å². The fraction of sp³-hybridized carbons (Fsp3) is 0.600. The van der Waals surface area contributed by atoms with Crippen LogP contribution in [0, 0.1) is 0 Å². The van der Waals surface area contributed by atoms with Crippen molar-refractivity contribution < 1.29 is 45.2 Å². The van der Waals surface area contributed by atoms with Gasteiger partial charge in [0.05, 0.1) is 6.61 Å². The molecule has 0 aliphatic rings. The lowest BCUT2D eigenvalue weighted by atomic mass is 10.3. The van der Waals surface area contributed by atoms with Crippen LogP contribution in [0.15, 0.2) is 12.2 Å². The van der Waals surface area contributed by atoms with Gasteiger partial charge in [-0.2, -0.15) is 17.2 Å². The van der Waals surface area contributed by atoms with Crippen molar-refractivity contribution in [3.05, 3.63) is 12.2 Å². The highest BCUT2D eigenvalue weighted by atomic mass is 32.2. The molecule has 1 atom stereocenters. The van der Waals surface area contributed by atoms with Crippen LogP contribution in [0.2, 0.25) is 0 Å². The normalized spacial score (nSPS) is 13.4. The quantitative estimate of drug-likeness (QED) is 0.398. The van der Waals surface area contributed by atoms with Crippen molar-refractivity contribution in [3.8, 4) is 0 Å². The lowest BCUT2D eigenvalue weighted by Gasteiger charge is -2.17. The highest BCUT2D eigenvalue weighted by molar-refractivity contribution is 7.86. The fourth-order valence-corrected chi connectivity index (χ4v) is 1.34. The van der Waals surface area contributed by atoms with Crippen molar-refractivity contribution in [2.24, 2.45) is 0 Å². The van der Waals surface area contributed by atoms with Gasteiger partial charge in [-0.25, -0.2) is 14.0 Å². The molecule has 122 valence electrons. The van der Waals surface area contributed by atoms with E-state index in [0.29, 0.717) is 0 Å². The number of alkyl halides is 3. The maximum Gasteiger partial charge on any atom is 0.400 e. The molecule has 0 amide bonds. The molecule has 11 heteroatoms. The van der Waals surface area contributed by atoms with Crippen LogP contribution in [0.5, 0.6) is 0 Å². The van der Waals surface area contributed by atoms with E-state index < -0.39 is 53.1 Å². The van der Waals surface area contributed by atoms with Crippen molar-refractivity contribution in [2.75, 3.05) is 13.2 Å². The third-order valence-electron chi connectivity index (χ3n) is 2.01. The van der Waals surface area contributed by atoms with E-state index in [9.17, 15) is 31.2 Å².